The molecule has 1 amide bonds. The number of benzene rings is 1. The highest BCUT2D eigenvalue weighted by atomic mass is 19.1. The summed E-state index contributed by atoms with van der Waals surface area (Å²) in [5.41, 5.74) is 0.453. The average Bonchev–Trinajstić information content (AvgIpc) is 2.31. The van der Waals surface area contributed by atoms with Crippen LogP contribution in [0.4, 0.5) is 10.1 Å². The zero-order valence-corrected chi connectivity index (χ0v) is 10.6. The van der Waals surface area contributed by atoms with Crippen LogP contribution in [0.1, 0.15) is 20.8 Å². The van der Waals surface area contributed by atoms with Gasteiger partial charge in [-0.2, -0.15) is 0 Å². The smallest absolute Gasteiger partial charge is 0.309 e. The quantitative estimate of drug-likeness (QED) is 0.838. The SMILES string of the molecule is CC(C)C(=O)O[C@H](C)C(=O)Nc1ccc(F)cc1. The third-order valence-corrected chi connectivity index (χ3v) is 2.25. The summed E-state index contributed by atoms with van der Waals surface area (Å²) in [7, 11) is 0. The monoisotopic (exact) mass is 253 g/mol. The fraction of sp³-hybridized carbons (Fsp3) is 0.385. The highest BCUT2D eigenvalue weighted by Crippen LogP contribution is 2.09. The van der Waals surface area contributed by atoms with Crippen LogP contribution in [0.2, 0.25) is 0 Å². The normalized spacial score (nSPS) is 12.1. The van der Waals surface area contributed by atoms with E-state index in [9.17, 15) is 14.0 Å². The Morgan fingerprint density at radius 3 is 2.22 bits per heavy atom. The molecule has 0 aromatic heterocycles. The van der Waals surface area contributed by atoms with Gasteiger partial charge < -0.3 is 10.1 Å². The molecule has 1 atom stereocenters. The van der Waals surface area contributed by atoms with Crippen molar-refractivity contribution >= 4 is 17.6 Å². The maximum Gasteiger partial charge on any atom is 0.309 e. The zero-order valence-electron chi connectivity index (χ0n) is 10.6. The molecule has 0 bridgehead atoms. The summed E-state index contributed by atoms with van der Waals surface area (Å²) in [6.07, 6.45) is -0.884. The first kappa shape index (κ1) is 14.2. The van der Waals surface area contributed by atoms with E-state index in [-0.39, 0.29) is 11.7 Å². The van der Waals surface area contributed by atoms with E-state index in [2.05, 4.69) is 5.32 Å². The van der Waals surface area contributed by atoms with Crippen molar-refractivity contribution in [3.05, 3.63) is 30.1 Å². The maximum atomic E-state index is 12.7. The van der Waals surface area contributed by atoms with Gasteiger partial charge in [-0.15, -0.1) is 0 Å². The number of amides is 1. The van der Waals surface area contributed by atoms with Gasteiger partial charge in [0.05, 0.1) is 5.92 Å². The van der Waals surface area contributed by atoms with Gasteiger partial charge in [0.25, 0.3) is 5.91 Å². The number of esters is 1. The van der Waals surface area contributed by atoms with Gasteiger partial charge in [-0.05, 0) is 31.2 Å². The highest BCUT2D eigenvalue weighted by molar-refractivity contribution is 5.95. The van der Waals surface area contributed by atoms with Gasteiger partial charge in [0, 0.05) is 5.69 Å². The summed E-state index contributed by atoms with van der Waals surface area (Å²) in [4.78, 5) is 23.0. The fourth-order valence-electron chi connectivity index (χ4n) is 1.14. The number of anilines is 1. The lowest BCUT2D eigenvalue weighted by atomic mass is 10.2. The van der Waals surface area contributed by atoms with Gasteiger partial charge in [-0.25, -0.2) is 4.39 Å². The molecule has 0 radical (unpaired) electrons. The van der Waals surface area contributed by atoms with Crippen LogP contribution < -0.4 is 5.32 Å². The Balaban J connectivity index is 2.54. The molecule has 0 saturated carbocycles. The molecule has 98 valence electrons. The minimum atomic E-state index is -0.884. The highest BCUT2D eigenvalue weighted by Gasteiger charge is 2.19. The molecule has 1 aromatic carbocycles. The van der Waals surface area contributed by atoms with E-state index in [0.29, 0.717) is 5.69 Å². The van der Waals surface area contributed by atoms with Crippen LogP contribution in [0.25, 0.3) is 0 Å². The minimum absolute atomic E-state index is 0.286. The summed E-state index contributed by atoms with van der Waals surface area (Å²) >= 11 is 0. The van der Waals surface area contributed by atoms with Crippen LogP contribution in [0.15, 0.2) is 24.3 Å². The number of rotatable bonds is 4. The first-order valence-electron chi connectivity index (χ1n) is 5.67. The van der Waals surface area contributed by atoms with E-state index in [1.807, 2.05) is 0 Å². The lowest BCUT2D eigenvalue weighted by Gasteiger charge is -2.14. The molecule has 1 aromatic rings. The molecule has 0 fully saturated rings. The summed E-state index contributed by atoms with van der Waals surface area (Å²) < 4.78 is 17.6. The molecule has 4 nitrogen and oxygen atoms in total. The summed E-state index contributed by atoms with van der Waals surface area (Å²) in [5.74, 6) is -1.55. The van der Waals surface area contributed by atoms with Gasteiger partial charge >= 0.3 is 5.97 Å². The van der Waals surface area contributed by atoms with Crippen LogP contribution >= 0.6 is 0 Å². The topological polar surface area (TPSA) is 55.4 Å². The predicted octanol–water partition coefficient (Wildman–Crippen LogP) is 2.35. The molecule has 0 aliphatic rings. The Bertz CT molecular complexity index is 428. The first-order chi connectivity index (χ1) is 8.40. The van der Waals surface area contributed by atoms with Crippen LogP contribution in [0, 0.1) is 11.7 Å². The Hall–Kier alpha value is -1.91. The van der Waals surface area contributed by atoms with Crippen molar-refractivity contribution in [2.75, 3.05) is 5.32 Å². The van der Waals surface area contributed by atoms with E-state index in [1.165, 1.54) is 31.2 Å². The van der Waals surface area contributed by atoms with Gasteiger partial charge in [0.15, 0.2) is 6.10 Å². The van der Waals surface area contributed by atoms with Crippen LogP contribution in [0.5, 0.6) is 0 Å². The lowest BCUT2D eigenvalue weighted by molar-refractivity contribution is -0.156. The number of nitrogens with one attached hydrogen (secondary N) is 1. The van der Waals surface area contributed by atoms with Crippen molar-refractivity contribution in [1.29, 1.82) is 0 Å². The van der Waals surface area contributed by atoms with Gasteiger partial charge in [-0.1, -0.05) is 13.8 Å². The third-order valence-electron chi connectivity index (χ3n) is 2.25. The number of hydrogen-bond acceptors (Lipinski definition) is 3. The van der Waals surface area contributed by atoms with Gasteiger partial charge in [0.2, 0.25) is 0 Å². The van der Waals surface area contributed by atoms with E-state index in [4.69, 9.17) is 4.74 Å². The molecule has 0 aliphatic carbocycles. The Kier molecular flexibility index (Phi) is 4.83. The summed E-state index contributed by atoms with van der Waals surface area (Å²) in [6.45, 7) is 4.86. The van der Waals surface area contributed by atoms with Crippen molar-refractivity contribution < 1.29 is 18.7 Å². The van der Waals surface area contributed by atoms with E-state index < -0.39 is 18.0 Å². The van der Waals surface area contributed by atoms with Crippen molar-refractivity contribution in [2.45, 2.75) is 26.9 Å². The predicted molar refractivity (Wildman–Crippen MR) is 65.4 cm³/mol. The van der Waals surface area contributed by atoms with E-state index in [0.717, 1.165) is 0 Å². The second kappa shape index (κ2) is 6.14. The van der Waals surface area contributed by atoms with Crippen LogP contribution in [0.3, 0.4) is 0 Å². The van der Waals surface area contributed by atoms with Crippen molar-refractivity contribution in [3.63, 3.8) is 0 Å². The molecule has 1 N–H and O–H groups in total. The van der Waals surface area contributed by atoms with Crippen LogP contribution in [-0.2, 0) is 14.3 Å². The number of halogens is 1. The van der Waals surface area contributed by atoms with Gasteiger partial charge in [0.1, 0.15) is 5.82 Å². The Labute approximate surface area is 105 Å². The molecule has 0 spiro atoms. The molecule has 0 heterocycles. The van der Waals surface area contributed by atoms with Gasteiger partial charge in [-0.3, -0.25) is 9.59 Å². The van der Waals surface area contributed by atoms with Crippen molar-refractivity contribution in [1.82, 2.24) is 0 Å². The molecule has 0 unspecified atom stereocenters. The largest absolute Gasteiger partial charge is 0.452 e. The van der Waals surface area contributed by atoms with E-state index >= 15 is 0 Å². The first-order valence-corrected chi connectivity index (χ1v) is 5.67. The maximum absolute atomic E-state index is 12.7. The lowest BCUT2D eigenvalue weighted by Crippen LogP contribution is -2.31. The molecular weight excluding hydrogens is 237 g/mol. The standard InChI is InChI=1S/C13H16FNO3/c1-8(2)13(17)18-9(3)12(16)15-11-6-4-10(14)5-7-11/h4-9H,1-3H3,(H,15,16)/t9-/m1/s1. The van der Waals surface area contributed by atoms with Crippen molar-refractivity contribution in [2.24, 2.45) is 5.92 Å². The minimum Gasteiger partial charge on any atom is -0.452 e. The molecule has 0 saturated heterocycles. The second-order valence-corrected chi connectivity index (χ2v) is 4.23. The van der Waals surface area contributed by atoms with Crippen LogP contribution in [-0.4, -0.2) is 18.0 Å². The third kappa shape index (κ3) is 4.16. The summed E-state index contributed by atoms with van der Waals surface area (Å²) in [6, 6.07) is 5.34. The second-order valence-electron chi connectivity index (χ2n) is 4.23. The molecular formula is C13H16FNO3. The molecule has 18 heavy (non-hydrogen) atoms. The summed E-state index contributed by atoms with van der Waals surface area (Å²) in [5, 5.41) is 2.53. The Morgan fingerprint density at radius 2 is 1.72 bits per heavy atom. The number of ether oxygens (including phenoxy) is 1. The molecule has 0 aliphatic heterocycles. The van der Waals surface area contributed by atoms with Crippen molar-refractivity contribution in [3.8, 4) is 0 Å². The Morgan fingerprint density at radius 1 is 1.17 bits per heavy atom. The zero-order chi connectivity index (χ0) is 13.7. The average molecular weight is 253 g/mol. The molecule has 1 rings (SSSR count). The fourth-order valence-corrected chi connectivity index (χ4v) is 1.14. The number of carbonyl (C=O) groups excluding carboxylic acids is 2. The van der Waals surface area contributed by atoms with E-state index in [1.54, 1.807) is 13.8 Å². The number of hydrogen-bond donors (Lipinski definition) is 1. The molecule has 5 heteroatoms. The number of carbonyl (C=O) groups is 2.